The molecule has 0 saturated carbocycles. The minimum atomic E-state index is -0.0760. The molecule has 1 atom stereocenters. The Kier molecular flexibility index (Phi) is 5.17. The number of hydrogen-bond acceptors (Lipinski definition) is 3. The van der Waals surface area contributed by atoms with Gasteiger partial charge < -0.3 is 15.6 Å². The predicted octanol–water partition coefficient (Wildman–Crippen LogP) is 3.17. The van der Waals surface area contributed by atoms with Gasteiger partial charge in [-0.15, -0.1) is 0 Å². The van der Waals surface area contributed by atoms with Crippen LogP contribution < -0.4 is 10.6 Å². The number of H-pyrrole nitrogens is 1. The molecule has 3 aliphatic rings. The fraction of sp³-hybridized carbons (Fsp3) is 0.417. The van der Waals surface area contributed by atoms with Crippen LogP contribution in [-0.2, 0) is 22.6 Å². The quantitative estimate of drug-likeness (QED) is 0.670. The summed E-state index contributed by atoms with van der Waals surface area (Å²) in [6.45, 7) is 4.04. The van der Waals surface area contributed by atoms with Crippen LogP contribution in [0.3, 0.4) is 0 Å². The Morgan fingerprint density at radius 1 is 1.07 bits per heavy atom. The number of nitrogens with one attached hydrogen (secondary N) is 3. The number of carbonyl (C=O) groups is 2. The SMILES string of the molecule is O=C1Nc2ccc(CC3CCNC3=O)cc2C1=Cc1cc(CN2CCCCC2)c[nH]1. The van der Waals surface area contributed by atoms with Crippen LogP contribution in [0.15, 0.2) is 30.5 Å². The lowest BCUT2D eigenvalue weighted by atomic mass is 9.95. The van der Waals surface area contributed by atoms with Gasteiger partial charge in [0, 0.05) is 42.1 Å². The highest BCUT2D eigenvalue weighted by Crippen LogP contribution is 2.34. The molecule has 30 heavy (non-hydrogen) atoms. The van der Waals surface area contributed by atoms with E-state index in [1.165, 1.54) is 37.9 Å². The summed E-state index contributed by atoms with van der Waals surface area (Å²) < 4.78 is 0. The molecule has 0 radical (unpaired) electrons. The van der Waals surface area contributed by atoms with E-state index in [1.54, 1.807) is 0 Å². The Morgan fingerprint density at radius 2 is 1.93 bits per heavy atom. The summed E-state index contributed by atoms with van der Waals surface area (Å²) in [5.41, 5.74) is 5.72. The first kappa shape index (κ1) is 19.1. The summed E-state index contributed by atoms with van der Waals surface area (Å²) in [5, 5.41) is 5.86. The average molecular weight is 405 g/mol. The molecule has 0 spiro atoms. The van der Waals surface area contributed by atoms with Crippen LogP contribution in [0.25, 0.3) is 11.6 Å². The van der Waals surface area contributed by atoms with Gasteiger partial charge in [0.05, 0.1) is 5.57 Å². The summed E-state index contributed by atoms with van der Waals surface area (Å²) in [6.07, 6.45) is 9.47. The van der Waals surface area contributed by atoms with Crippen LogP contribution >= 0.6 is 0 Å². The number of aromatic nitrogens is 1. The number of carbonyl (C=O) groups excluding carboxylic acids is 2. The molecule has 2 aromatic rings. The minimum Gasteiger partial charge on any atom is -0.361 e. The summed E-state index contributed by atoms with van der Waals surface area (Å²) in [5.74, 6) is 0.0855. The van der Waals surface area contributed by atoms with Gasteiger partial charge in [0.25, 0.3) is 5.91 Å². The first-order chi connectivity index (χ1) is 14.7. The zero-order valence-electron chi connectivity index (χ0n) is 17.2. The standard InChI is InChI=1S/C24H28N4O2/c29-23-18(6-7-25-23)10-16-4-5-22-20(12-16)21(24(30)27-22)13-19-11-17(14-26-19)15-28-8-2-1-3-9-28/h4-5,11-14,18,26H,1-3,6-10,15H2,(H,25,29)(H,27,30). The van der Waals surface area contributed by atoms with E-state index in [0.717, 1.165) is 42.0 Å². The molecule has 3 N–H and O–H groups in total. The van der Waals surface area contributed by atoms with Gasteiger partial charge in [-0.25, -0.2) is 0 Å². The van der Waals surface area contributed by atoms with Crippen LogP contribution in [0, 0.1) is 5.92 Å². The molecule has 2 saturated heterocycles. The molecule has 5 rings (SSSR count). The van der Waals surface area contributed by atoms with Crippen LogP contribution in [0.1, 0.15) is 48.1 Å². The monoisotopic (exact) mass is 404 g/mol. The largest absolute Gasteiger partial charge is 0.361 e. The predicted molar refractivity (Wildman–Crippen MR) is 118 cm³/mol. The number of likely N-dealkylation sites (tertiary alicyclic amines) is 1. The first-order valence-corrected chi connectivity index (χ1v) is 11.0. The second kappa shape index (κ2) is 8.11. The number of rotatable bonds is 5. The van der Waals surface area contributed by atoms with E-state index in [0.29, 0.717) is 12.0 Å². The van der Waals surface area contributed by atoms with Gasteiger partial charge in [-0.3, -0.25) is 14.5 Å². The number of aromatic amines is 1. The molecule has 6 heteroatoms. The Morgan fingerprint density at radius 3 is 2.73 bits per heavy atom. The Balaban J connectivity index is 1.35. The Hall–Kier alpha value is -2.86. The number of hydrogen-bond donors (Lipinski definition) is 3. The molecule has 2 fully saturated rings. The van der Waals surface area contributed by atoms with Crippen molar-refractivity contribution in [1.82, 2.24) is 15.2 Å². The van der Waals surface area contributed by atoms with Crippen molar-refractivity contribution in [3.63, 3.8) is 0 Å². The third-order valence-corrected chi connectivity index (χ3v) is 6.43. The van der Waals surface area contributed by atoms with Crippen LogP contribution in [0.5, 0.6) is 0 Å². The summed E-state index contributed by atoms with van der Waals surface area (Å²) >= 11 is 0. The van der Waals surface area contributed by atoms with Gasteiger partial charge in [-0.2, -0.15) is 0 Å². The van der Waals surface area contributed by atoms with Gasteiger partial charge >= 0.3 is 0 Å². The molecule has 0 aliphatic carbocycles. The molecule has 1 aromatic carbocycles. The highest BCUT2D eigenvalue weighted by atomic mass is 16.2. The molecular weight excluding hydrogens is 376 g/mol. The van der Waals surface area contributed by atoms with Gasteiger partial charge in [-0.1, -0.05) is 12.5 Å². The molecule has 0 bridgehead atoms. The summed E-state index contributed by atoms with van der Waals surface area (Å²) in [7, 11) is 0. The molecule has 1 aromatic heterocycles. The third kappa shape index (κ3) is 3.92. The van der Waals surface area contributed by atoms with E-state index >= 15 is 0 Å². The van der Waals surface area contributed by atoms with Crippen LogP contribution in [0.2, 0.25) is 0 Å². The molecule has 3 aliphatic heterocycles. The molecule has 4 heterocycles. The zero-order valence-corrected chi connectivity index (χ0v) is 17.2. The van der Waals surface area contributed by atoms with Gasteiger partial charge in [0.2, 0.25) is 5.91 Å². The van der Waals surface area contributed by atoms with Crippen molar-refractivity contribution in [3.8, 4) is 0 Å². The fourth-order valence-electron chi connectivity index (χ4n) is 4.79. The molecule has 2 amide bonds. The fourth-order valence-corrected chi connectivity index (χ4v) is 4.79. The third-order valence-electron chi connectivity index (χ3n) is 6.43. The highest BCUT2D eigenvalue weighted by molar-refractivity contribution is 6.34. The maximum absolute atomic E-state index is 12.6. The summed E-state index contributed by atoms with van der Waals surface area (Å²) in [6, 6.07) is 8.16. The second-order valence-corrected chi connectivity index (χ2v) is 8.67. The van der Waals surface area contributed by atoms with E-state index in [1.807, 2.05) is 24.4 Å². The topological polar surface area (TPSA) is 77.2 Å². The van der Waals surface area contributed by atoms with Gasteiger partial charge in [-0.05, 0) is 74.2 Å². The van der Waals surface area contributed by atoms with E-state index in [4.69, 9.17) is 0 Å². The number of anilines is 1. The van der Waals surface area contributed by atoms with Crippen molar-refractivity contribution < 1.29 is 9.59 Å². The van der Waals surface area contributed by atoms with E-state index in [9.17, 15) is 9.59 Å². The molecule has 1 unspecified atom stereocenters. The molecule has 156 valence electrons. The summed E-state index contributed by atoms with van der Waals surface area (Å²) in [4.78, 5) is 30.3. The Labute approximate surface area is 176 Å². The van der Waals surface area contributed by atoms with Gasteiger partial charge in [0.1, 0.15) is 0 Å². The van der Waals surface area contributed by atoms with Crippen molar-refractivity contribution in [1.29, 1.82) is 0 Å². The van der Waals surface area contributed by atoms with E-state index < -0.39 is 0 Å². The van der Waals surface area contributed by atoms with Crippen molar-refractivity contribution in [2.75, 3.05) is 25.0 Å². The smallest absolute Gasteiger partial charge is 0.256 e. The second-order valence-electron chi connectivity index (χ2n) is 8.67. The van der Waals surface area contributed by atoms with Crippen LogP contribution in [0.4, 0.5) is 5.69 Å². The molecule has 6 nitrogen and oxygen atoms in total. The lowest BCUT2D eigenvalue weighted by molar-refractivity contribution is -0.122. The maximum atomic E-state index is 12.6. The van der Waals surface area contributed by atoms with Crippen molar-refractivity contribution in [3.05, 3.63) is 52.8 Å². The van der Waals surface area contributed by atoms with Crippen LogP contribution in [-0.4, -0.2) is 41.3 Å². The first-order valence-electron chi connectivity index (χ1n) is 11.0. The minimum absolute atomic E-state index is 0.0290. The van der Waals surface area contributed by atoms with E-state index in [2.05, 4.69) is 32.7 Å². The Bertz CT molecular complexity index is 1000. The normalized spacial score (nSPS) is 22.9. The highest BCUT2D eigenvalue weighted by Gasteiger charge is 2.27. The van der Waals surface area contributed by atoms with Gasteiger partial charge in [0.15, 0.2) is 0 Å². The number of piperidine rings is 1. The van der Waals surface area contributed by atoms with Crippen molar-refractivity contribution in [2.24, 2.45) is 5.92 Å². The lowest BCUT2D eigenvalue weighted by Crippen LogP contribution is -2.28. The number of benzene rings is 1. The zero-order chi connectivity index (χ0) is 20.5. The number of fused-ring (bicyclic) bond motifs is 1. The maximum Gasteiger partial charge on any atom is 0.256 e. The van der Waals surface area contributed by atoms with E-state index in [-0.39, 0.29) is 17.7 Å². The van der Waals surface area contributed by atoms with Crippen molar-refractivity contribution >= 4 is 29.2 Å². The molecular formula is C24H28N4O2. The number of amides is 2. The average Bonchev–Trinajstić information content (AvgIpc) is 3.44. The lowest BCUT2D eigenvalue weighted by Gasteiger charge is -2.25. The number of nitrogens with zero attached hydrogens (tertiary/aromatic N) is 1. The van der Waals surface area contributed by atoms with Crippen molar-refractivity contribution in [2.45, 2.75) is 38.6 Å².